The number of nitrogens with zero attached hydrogens (tertiary/aromatic N) is 1. The molecule has 2 aromatic carbocycles. The summed E-state index contributed by atoms with van der Waals surface area (Å²) in [5, 5.41) is 13.0. The predicted molar refractivity (Wildman–Crippen MR) is 98.5 cm³/mol. The van der Waals surface area contributed by atoms with Crippen LogP contribution >= 0.6 is 11.6 Å². The Bertz CT molecular complexity index is 820. The molecule has 25 heavy (non-hydrogen) atoms. The number of fused-ring (bicyclic) bond motifs is 1. The van der Waals surface area contributed by atoms with Gasteiger partial charge in [0.15, 0.2) is 0 Å². The van der Waals surface area contributed by atoms with E-state index in [-0.39, 0.29) is 23.6 Å². The summed E-state index contributed by atoms with van der Waals surface area (Å²) in [4.78, 5) is 24.8. The number of nitrogens with one attached hydrogen (secondary N) is 1. The second-order valence-electron chi connectivity index (χ2n) is 6.26. The molecule has 0 saturated carbocycles. The molecule has 130 valence electrons. The highest BCUT2D eigenvalue weighted by Gasteiger charge is 2.32. The summed E-state index contributed by atoms with van der Waals surface area (Å²) in [6.07, 6.45) is 0.730. The third kappa shape index (κ3) is 3.46. The second-order valence-corrected chi connectivity index (χ2v) is 6.69. The molecule has 0 aromatic heterocycles. The van der Waals surface area contributed by atoms with Gasteiger partial charge in [0.05, 0.1) is 11.6 Å². The summed E-state index contributed by atoms with van der Waals surface area (Å²) in [6, 6.07) is 12.2. The monoisotopic (exact) mass is 358 g/mol. The molecule has 0 aliphatic carbocycles. The average molecular weight is 359 g/mol. The van der Waals surface area contributed by atoms with Crippen molar-refractivity contribution in [3.63, 3.8) is 0 Å². The first-order valence-corrected chi connectivity index (χ1v) is 8.43. The van der Waals surface area contributed by atoms with Crippen LogP contribution in [-0.2, 0) is 4.79 Å². The summed E-state index contributed by atoms with van der Waals surface area (Å²) >= 11 is 6.17. The molecule has 1 amide bonds. The highest BCUT2D eigenvalue weighted by Crippen LogP contribution is 2.40. The Morgan fingerprint density at radius 2 is 1.88 bits per heavy atom. The molecule has 2 aromatic rings. The van der Waals surface area contributed by atoms with Crippen LogP contribution in [0.5, 0.6) is 0 Å². The zero-order valence-electron chi connectivity index (χ0n) is 14.0. The van der Waals surface area contributed by atoms with Gasteiger partial charge in [0.2, 0.25) is 5.91 Å². The lowest BCUT2D eigenvalue weighted by Gasteiger charge is -2.39. The minimum Gasteiger partial charge on any atom is -0.478 e. The largest absolute Gasteiger partial charge is 0.478 e. The van der Waals surface area contributed by atoms with Crippen LogP contribution in [0.2, 0.25) is 5.02 Å². The highest BCUT2D eigenvalue weighted by atomic mass is 35.5. The van der Waals surface area contributed by atoms with E-state index in [2.05, 4.69) is 5.32 Å². The quantitative estimate of drug-likeness (QED) is 0.856. The maximum atomic E-state index is 12.0. The zero-order chi connectivity index (χ0) is 18.1. The highest BCUT2D eigenvalue weighted by molar-refractivity contribution is 6.30. The number of carboxylic acids is 1. The van der Waals surface area contributed by atoms with Gasteiger partial charge in [0, 0.05) is 29.4 Å². The van der Waals surface area contributed by atoms with Crippen LogP contribution in [0, 0.1) is 0 Å². The summed E-state index contributed by atoms with van der Waals surface area (Å²) in [6.45, 7) is 3.58. The number of carboxylic acid groups (broad SMARTS) is 1. The first-order chi connectivity index (χ1) is 11.9. The van der Waals surface area contributed by atoms with Crippen molar-refractivity contribution in [2.45, 2.75) is 32.4 Å². The van der Waals surface area contributed by atoms with Crippen LogP contribution in [0.15, 0.2) is 42.5 Å². The average Bonchev–Trinajstić information content (AvgIpc) is 2.55. The molecular weight excluding hydrogens is 340 g/mol. The fourth-order valence-electron chi connectivity index (χ4n) is 3.36. The first kappa shape index (κ1) is 17.3. The van der Waals surface area contributed by atoms with Gasteiger partial charge >= 0.3 is 5.97 Å². The van der Waals surface area contributed by atoms with Crippen molar-refractivity contribution >= 4 is 34.9 Å². The summed E-state index contributed by atoms with van der Waals surface area (Å²) in [5.41, 5.74) is 2.89. The topological polar surface area (TPSA) is 69.6 Å². The van der Waals surface area contributed by atoms with Gasteiger partial charge in [0.25, 0.3) is 0 Å². The Morgan fingerprint density at radius 1 is 1.20 bits per heavy atom. The predicted octanol–water partition coefficient (Wildman–Crippen LogP) is 4.34. The lowest BCUT2D eigenvalue weighted by atomic mass is 9.91. The van der Waals surface area contributed by atoms with Gasteiger partial charge in [-0.2, -0.15) is 0 Å². The van der Waals surface area contributed by atoms with Crippen LogP contribution in [0.3, 0.4) is 0 Å². The number of aromatic carboxylic acids is 1. The van der Waals surface area contributed by atoms with Crippen LogP contribution < -0.4 is 10.2 Å². The summed E-state index contributed by atoms with van der Waals surface area (Å²) in [5.74, 6) is -0.951. The lowest BCUT2D eigenvalue weighted by Crippen LogP contribution is -2.43. The van der Waals surface area contributed by atoms with E-state index in [4.69, 9.17) is 16.7 Å². The maximum absolute atomic E-state index is 12.0. The van der Waals surface area contributed by atoms with Gasteiger partial charge in [0.1, 0.15) is 0 Å². The number of rotatable bonds is 3. The van der Waals surface area contributed by atoms with Gasteiger partial charge in [-0.25, -0.2) is 4.79 Å². The van der Waals surface area contributed by atoms with E-state index in [0.29, 0.717) is 5.02 Å². The third-order valence-corrected chi connectivity index (χ3v) is 4.69. The van der Waals surface area contributed by atoms with Crippen molar-refractivity contribution in [1.29, 1.82) is 0 Å². The SMILES string of the molecule is CC(=O)N1c2ccc(Cl)cc2C(Nc2ccc(C(=O)O)cc2)CC1C. The molecule has 2 N–H and O–H groups in total. The van der Waals surface area contributed by atoms with E-state index in [1.165, 1.54) is 0 Å². The van der Waals surface area contributed by atoms with Crippen LogP contribution in [-0.4, -0.2) is 23.0 Å². The maximum Gasteiger partial charge on any atom is 0.335 e. The molecule has 3 rings (SSSR count). The number of halogens is 1. The van der Waals surface area contributed by atoms with Gasteiger partial charge in [-0.05, 0) is 61.4 Å². The number of carbonyl (C=O) groups excluding carboxylic acids is 1. The van der Waals surface area contributed by atoms with Gasteiger partial charge < -0.3 is 15.3 Å². The molecule has 0 saturated heterocycles. The minimum absolute atomic E-state index is 0.000309. The van der Waals surface area contributed by atoms with Crippen molar-refractivity contribution in [2.75, 3.05) is 10.2 Å². The fourth-order valence-corrected chi connectivity index (χ4v) is 3.54. The molecule has 1 aliphatic rings. The summed E-state index contributed by atoms with van der Waals surface area (Å²) in [7, 11) is 0. The number of benzene rings is 2. The second kappa shape index (κ2) is 6.76. The smallest absolute Gasteiger partial charge is 0.335 e. The molecule has 2 atom stereocenters. The number of carbonyl (C=O) groups is 2. The van der Waals surface area contributed by atoms with Crippen molar-refractivity contribution < 1.29 is 14.7 Å². The van der Waals surface area contributed by atoms with Gasteiger partial charge in [-0.3, -0.25) is 4.79 Å². The van der Waals surface area contributed by atoms with Gasteiger partial charge in [-0.1, -0.05) is 11.6 Å². The van der Waals surface area contributed by atoms with E-state index in [1.807, 2.05) is 19.1 Å². The molecule has 0 fully saturated rings. The molecule has 0 spiro atoms. The number of hydrogen-bond acceptors (Lipinski definition) is 3. The Kier molecular flexibility index (Phi) is 4.68. The first-order valence-electron chi connectivity index (χ1n) is 8.06. The zero-order valence-corrected chi connectivity index (χ0v) is 14.7. The molecule has 1 heterocycles. The van der Waals surface area contributed by atoms with E-state index in [1.54, 1.807) is 42.2 Å². The molecule has 0 radical (unpaired) electrons. The van der Waals surface area contributed by atoms with E-state index in [9.17, 15) is 9.59 Å². The standard InChI is InChI=1S/C19H19ClN2O3/c1-11-9-17(21-15-6-3-13(4-7-15)19(24)25)16-10-14(20)5-8-18(16)22(11)12(2)23/h3-8,10-11,17,21H,9H2,1-2H3,(H,24,25). The Morgan fingerprint density at radius 3 is 2.48 bits per heavy atom. The number of amides is 1. The van der Waals surface area contributed by atoms with E-state index >= 15 is 0 Å². The molecule has 2 unspecified atom stereocenters. The van der Waals surface area contributed by atoms with Crippen LogP contribution in [0.1, 0.15) is 42.2 Å². The van der Waals surface area contributed by atoms with E-state index < -0.39 is 5.97 Å². The van der Waals surface area contributed by atoms with Crippen LogP contribution in [0.4, 0.5) is 11.4 Å². The Hall–Kier alpha value is -2.53. The minimum atomic E-state index is -0.952. The Labute approximate surface area is 151 Å². The van der Waals surface area contributed by atoms with Crippen molar-refractivity contribution in [3.8, 4) is 0 Å². The lowest BCUT2D eigenvalue weighted by molar-refractivity contribution is -0.117. The van der Waals surface area contributed by atoms with Crippen LogP contribution in [0.25, 0.3) is 0 Å². The molecule has 5 nitrogen and oxygen atoms in total. The van der Waals surface area contributed by atoms with Crippen molar-refractivity contribution in [1.82, 2.24) is 0 Å². The Balaban J connectivity index is 1.94. The normalized spacial score (nSPS) is 19.2. The third-order valence-electron chi connectivity index (χ3n) is 4.45. The molecule has 1 aliphatic heterocycles. The molecule has 6 heteroatoms. The van der Waals surface area contributed by atoms with E-state index in [0.717, 1.165) is 23.4 Å². The van der Waals surface area contributed by atoms with Gasteiger partial charge in [-0.15, -0.1) is 0 Å². The fraction of sp³-hybridized carbons (Fsp3) is 0.263. The molecular formula is C19H19ClN2O3. The van der Waals surface area contributed by atoms with Crippen molar-refractivity contribution in [3.05, 3.63) is 58.6 Å². The molecule has 0 bridgehead atoms. The number of anilines is 2. The summed E-state index contributed by atoms with van der Waals surface area (Å²) < 4.78 is 0. The van der Waals surface area contributed by atoms with Crippen molar-refractivity contribution in [2.24, 2.45) is 0 Å². The number of hydrogen-bond donors (Lipinski definition) is 2.